The number of fused-ring (bicyclic) bond motifs is 1. The number of amides is 1. The fourth-order valence-corrected chi connectivity index (χ4v) is 3.45. The highest BCUT2D eigenvalue weighted by molar-refractivity contribution is 6.34. The first kappa shape index (κ1) is 18.5. The molecule has 3 nitrogen and oxygen atoms in total. The molecule has 1 aromatic heterocycles. The summed E-state index contributed by atoms with van der Waals surface area (Å²) in [4.78, 5) is 17.8. The van der Waals surface area contributed by atoms with Gasteiger partial charge in [-0.25, -0.2) is 4.98 Å². The Bertz CT molecular complexity index is 1190. The lowest BCUT2D eigenvalue weighted by Gasteiger charge is -2.12. The molecule has 0 saturated heterocycles. The van der Waals surface area contributed by atoms with Crippen molar-refractivity contribution >= 4 is 45.7 Å². The molecule has 0 atom stereocenters. The van der Waals surface area contributed by atoms with Crippen molar-refractivity contribution in [3.05, 3.63) is 94.0 Å². The maximum Gasteiger partial charge on any atom is 0.256 e. The largest absolute Gasteiger partial charge is 0.321 e. The van der Waals surface area contributed by atoms with E-state index in [0.717, 1.165) is 22.0 Å². The van der Waals surface area contributed by atoms with Gasteiger partial charge < -0.3 is 5.32 Å². The van der Waals surface area contributed by atoms with E-state index in [0.29, 0.717) is 27.0 Å². The van der Waals surface area contributed by atoms with Crippen molar-refractivity contribution < 1.29 is 4.79 Å². The van der Waals surface area contributed by atoms with Gasteiger partial charge in [0.1, 0.15) is 0 Å². The van der Waals surface area contributed by atoms with E-state index >= 15 is 0 Å². The normalized spacial score (nSPS) is 10.8. The van der Waals surface area contributed by atoms with Crippen LogP contribution in [-0.2, 0) is 0 Å². The summed E-state index contributed by atoms with van der Waals surface area (Å²) in [5, 5.41) is 4.85. The minimum Gasteiger partial charge on any atom is -0.321 e. The maximum atomic E-state index is 13.1. The van der Waals surface area contributed by atoms with Crippen LogP contribution in [0, 0.1) is 6.92 Å². The average Bonchev–Trinajstić information content (AvgIpc) is 2.69. The van der Waals surface area contributed by atoms with Crippen LogP contribution in [0.15, 0.2) is 72.8 Å². The lowest BCUT2D eigenvalue weighted by molar-refractivity contribution is 0.102. The van der Waals surface area contributed by atoms with Gasteiger partial charge in [-0.2, -0.15) is 0 Å². The highest BCUT2D eigenvalue weighted by atomic mass is 35.5. The van der Waals surface area contributed by atoms with Gasteiger partial charge in [-0.3, -0.25) is 4.79 Å². The van der Waals surface area contributed by atoms with E-state index in [9.17, 15) is 4.79 Å². The van der Waals surface area contributed by atoms with E-state index in [1.807, 2.05) is 55.5 Å². The second-order valence-corrected chi connectivity index (χ2v) is 7.36. The fraction of sp³-hybridized carbons (Fsp3) is 0.0435. The number of pyridine rings is 1. The smallest absolute Gasteiger partial charge is 0.256 e. The van der Waals surface area contributed by atoms with Gasteiger partial charge in [-0.15, -0.1) is 0 Å². The van der Waals surface area contributed by atoms with Gasteiger partial charge in [0.05, 0.1) is 27.5 Å². The lowest BCUT2D eigenvalue weighted by atomic mass is 10.0. The Morgan fingerprint density at radius 2 is 1.68 bits per heavy atom. The number of carbonyl (C=O) groups is 1. The molecule has 3 aromatic carbocycles. The Morgan fingerprint density at radius 3 is 2.43 bits per heavy atom. The van der Waals surface area contributed by atoms with Gasteiger partial charge in [0.25, 0.3) is 5.91 Å². The van der Waals surface area contributed by atoms with Crippen molar-refractivity contribution in [2.24, 2.45) is 0 Å². The van der Waals surface area contributed by atoms with Crippen LogP contribution in [0.3, 0.4) is 0 Å². The van der Waals surface area contributed by atoms with Crippen LogP contribution in [0.5, 0.6) is 0 Å². The number of carbonyl (C=O) groups excluding carboxylic acids is 1. The topological polar surface area (TPSA) is 42.0 Å². The Kier molecular flexibility index (Phi) is 5.03. The van der Waals surface area contributed by atoms with Gasteiger partial charge in [0.2, 0.25) is 0 Å². The average molecular weight is 407 g/mol. The van der Waals surface area contributed by atoms with Crippen molar-refractivity contribution in [2.75, 3.05) is 5.32 Å². The highest BCUT2D eigenvalue weighted by Gasteiger charge is 2.15. The zero-order valence-electron chi connectivity index (χ0n) is 15.0. The number of benzene rings is 3. The van der Waals surface area contributed by atoms with Crippen molar-refractivity contribution in [3.8, 4) is 11.3 Å². The predicted molar refractivity (Wildman–Crippen MR) is 116 cm³/mol. The number of hydrogen-bond donors (Lipinski definition) is 1. The summed E-state index contributed by atoms with van der Waals surface area (Å²) in [6, 6.07) is 22.3. The van der Waals surface area contributed by atoms with Crippen molar-refractivity contribution in [3.63, 3.8) is 0 Å². The number of nitrogens with zero attached hydrogens (tertiary/aromatic N) is 1. The number of hydrogen-bond acceptors (Lipinski definition) is 2. The number of halogens is 2. The van der Waals surface area contributed by atoms with Crippen LogP contribution >= 0.6 is 23.2 Å². The van der Waals surface area contributed by atoms with E-state index in [2.05, 4.69) is 5.32 Å². The first-order valence-corrected chi connectivity index (χ1v) is 9.50. The van der Waals surface area contributed by atoms with Gasteiger partial charge in [0.15, 0.2) is 0 Å². The van der Waals surface area contributed by atoms with Gasteiger partial charge in [-0.05, 0) is 48.9 Å². The predicted octanol–water partition coefficient (Wildman–Crippen LogP) is 6.77. The molecule has 0 spiro atoms. The van der Waals surface area contributed by atoms with Gasteiger partial charge in [0, 0.05) is 16.0 Å². The fourth-order valence-electron chi connectivity index (χ4n) is 3.04. The Morgan fingerprint density at radius 1 is 0.929 bits per heavy atom. The van der Waals surface area contributed by atoms with E-state index in [1.165, 1.54) is 0 Å². The van der Waals surface area contributed by atoms with Crippen LogP contribution in [0.25, 0.3) is 22.2 Å². The van der Waals surface area contributed by atoms with Crippen molar-refractivity contribution in [1.82, 2.24) is 4.98 Å². The standard InChI is InChI=1S/C23H16Cl2N2O/c1-14-6-11-21(19(25)12-14)27-23(28)18-13-22(15-7-9-16(24)10-8-15)26-20-5-3-2-4-17(18)20/h2-13H,1H3,(H,27,28). The summed E-state index contributed by atoms with van der Waals surface area (Å²) in [6.45, 7) is 1.95. The highest BCUT2D eigenvalue weighted by Crippen LogP contribution is 2.28. The molecule has 0 unspecified atom stereocenters. The number of para-hydroxylation sites is 1. The van der Waals surface area contributed by atoms with E-state index in [1.54, 1.807) is 24.3 Å². The van der Waals surface area contributed by atoms with Gasteiger partial charge in [-0.1, -0.05) is 59.6 Å². The Hall–Kier alpha value is -2.88. The molecule has 1 heterocycles. The molecule has 4 aromatic rings. The lowest BCUT2D eigenvalue weighted by Crippen LogP contribution is -2.13. The molecule has 0 radical (unpaired) electrons. The molecule has 1 amide bonds. The summed E-state index contributed by atoms with van der Waals surface area (Å²) in [6.07, 6.45) is 0. The van der Waals surface area contributed by atoms with Crippen LogP contribution in [-0.4, -0.2) is 10.9 Å². The molecule has 138 valence electrons. The number of aryl methyl sites for hydroxylation is 1. The zero-order valence-corrected chi connectivity index (χ0v) is 16.6. The minimum absolute atomic E-state index is 0.237. The SMILES string of the molecule is Cc1ccc(NC(=O)c2cc(-c3ccc(Cl)cc3)nc3ccccc23)c(Cl)c1. The third-order valence-corrected chi connectivity index (χ3v) is 5.04. The molecular weight excluding hydrogens is 391 g/mol. The van der Waals surface area contributed by atoms with E-state index in [4.69, 9.17) is 28.2 Å². The first-order valence-electron chi connectivity index (χ1n) is 8.74. The van der Waals surface area contributed by atoms with E-state index in [-0.39, 0.29) is 5.91 Å². The molecule has 0 aliphatic rings. The number of rotatable bonds is 3. The zero-order chi connectivity index (χ0) is 19.7. The molecule has 0 aliphatic heterocycles. The molecule has 5 heteroatoms. The maximum absolute atomic E-state index is 13.1. The molecule has 0 saturated carbocycles. The number of aromatic nitrogens is 1. The van der Waals surface area contributed by atoms with Crippen molar-refractivity contribution in [1.29, 1.82) is 0 Å². The summed E-state index contributed by atoms with van der Waals surface area (Å²) in [5.41, 5.74) is 4.48. The van der Waals surface area contributed by atoms with Crippen LogP contribution in [0.1, 0.15) is 15.9 Å². The van der Waals surface area contributed by atoms with Crippen LogP contribution < -0.4 is 5.32 Å². The molecule has 0 fully saturated rings. The van der Waals surface area contributed by atoms with Gasteiger partial charge >= 0.3 is 0 Å². The molecule has 1 N–H and O–H groups in total. The third-order valence-electron chi connectivity index (χ3n) is 4.47. The molecule has 4 rings (SSSR count). The summed E-state index contributed by atoms with van der Waals surface area (Å²) in [5.74, 6) is -0.237. The molecule has 0 aliphatic carbocycles. The van der Waals surface area contributed by atoms with Crippen LogP contribution in [0.2, 0.25) is 10.0 Å². The second kappa shape index (κ2) is 7.63. The Labute approximate surface area is 172 Å². The van der Waals surface area contributed by atoms with E-state index < -0.39 is 0 Å². The van der Waals surface area contributed by atoms with Crippen molar-refractivity contribution in [2.45, 2.75) is 6.92 Å². The molecular formula is C23H16Cl2N2O. The quantitative estimate of drug-likeness (QED) is 0.407. The summed E-state index contributed by atoms with van der Waals surface area (Å²) < 4.78 is 0. The minimum atomic E-state index is -0.237. The first-order chi connectivity index (χ1) is 13.5. The Balaban J connectivity index is 1.80. The molecule has 28 heavy (non-hydrogen) atoms. The summed E-state index contributed by atoms with van der Waals surface area (Å²) >= 11 is 12.3. The monoisotopic (exact) mass is 406 g/mol. The number of anilines is 1. The number of nitrogens with one attached hydrogen (secondary N) is 1. The van der Waals surface area contributed by atoms with Crippen LogP contribution in [0.4, 0.5) is 5.69 Å². The third kappa shape index (κ3) is 3.72. The second-order valence-electron chi connectivity index (χ2n) is 6.52. The molecule has 0 bridgehead atoms. The summed E-state index contributed by atoms with van der Waals surface area (Å²) in [7, 11) is 0.